The summed E-state index contributed by atoms with van der Waals surface area (Å²) in [7, 11) is 1.69. The third kappa shape index (κ3) is 4.84. The van der Waals surface area contributed by atoms with E-state index in [1.54, 1.807) is 13.3 Å². The van der Waals surface area contributed by atoms with Crippen LogP contribution < -0.4 is 10.2 Å². The van der Waals surface area contributed by atoms with Gasteiger partial charge in [-0.3, -0.25) is 0 Å². The highest BCUT2D eigenvalue weighted by Gasteiger charge is 2.16. The Hall–Kier alpha value is -1.07. The summed E-state index contributed by atoms with van der Waals surface area (Å²) in [5.41, 5.74) is 0. The van der Waals surface area contributed by atoms with E-state index in [0.717, 1.165) is 25.3 Å². The molecule has 0 aliphatic heterocycles. The lowest BCUT2D eigenvalue weighted by atomic mass is 10.3. The molecule has 0 spiro atoms. The van der Waals surface area contributed by atoms with Gasteiger partial charge in [0, 0.05) is 26.2 Å². The van der Waals surface area contributed by atoms with Gasteiger partial charge in [0.05, 0.1) is 12.8 Å². The molecule has 0 unspecified atom stereocenters. The van der Waals surface area contributed by atoms with Crippen molar-refractivity contribution >= 4 is 23.4 Å². The van der Waals surface area contributed by atoms with Crippen molar-refractivity contribution in [3.8, 4) is 0 Å². The Labute approximate surface area is 120 Å². The highest BCUT2D eigenvalue weighted by atomic mass is 35.5. The summed E-state index contributed by atoms with van der Waals surface area (Å²) >= 11 is 6.21. The van der Waals surface area contributed by atoms with Gasteiger partial charge in [0.15, 0.2) is 5.82 Å². The normalized spacial score (nSPS) is 10.8. The first-order valence-electron chi connectivity index (χ1n) is 6.62. The number of hydrogen-bond donors (Lipinski definition) is 1. The first-order valence-corrected chi connectivity index (χ1v) is 6.99. The Balaban J connectivity index is 2.93. The standard InChI is InChI=1S/C13H23ClN4O/c1-5-6-15-13-16-9-11(14)12(17-13)18(10(2)3)7-8-19-4/h9-10H,5-8H2,1-4H3,(H,15,16,17). The second-order valence-corrected chi connectivity index (χ2v) is 4.98. The number of nitrogens with zero attached hydrogens (tertiary/aromatic N) is 3. The van der Waals surface area contributed by atoms with Crippen LogP contribution in [0.2, 0.25) is 5.02 Å². The Kier molecular flexibility index (Phi) is 6.87. The first kappa shape index (κ1) is 16.0. The largest absolute Gasteiger partial charge is 0.383 e. The van der Waals surface area contributed by atoms with E-state index in [4.69, 9.17) is 16.3 Å². The van der Waals surface area contributed by atoms with Gasteiger partial charge in [-0.15, -0.1) is 0 Å². The molecule has 0 aliphatic rings. The van der Waals surface area contributed by atoms with Crippen molar-refractivity contribution in [2.45, 2.75) is 33.2 Å². The molecule has 19 heavy (non-hydrogen) atoms. The van der Waals surface area contributed by atoms with E-state index < -0.39 is 0 Å². The molecule has 1 aromatic heterocycles. The van der Waals surface area contributed by atoms with Crippen LogP contribution in [0.5, 0.6) is 0 Å². The van der Waals surface area contributed by atoms with E-state index in [9.17, 15) is 0 Å². The van der Waals surface area contributed by atoms with Gasteiger partial charge < -0.3 is 15.0 Å². The van der Waals surface area contributed by atoms with E-state index >= 15 is 0 Å². The zero-order chi connectivity index (χ0) is 14.3. The van der Waals surface area contributed by atoms with Crippen molar-refractivity contribution in [3.63, 3.8) is 0 Å². The molecule has 0 aliphatic carbocycles. The molecule has 0 fully saturated rings. The van der Waals surface area contributed by atoms with Gasteiger partial charge in [-0.05, 0) is 20.3 Å². The van der Waals surface area contributed by atoms with Gasteiger partial charge in [0.1, 0.15) is 5.02 Å². The Morgan fingerprint density at radius 2 is 2.21 bits per heavy atom. The lowest BCUT2D eigenvalue weighted by Crippen LogP contribution is -2.35. The smallest absolute Gasteiger partial charge is 0.224 e. The van der Waals surface area contributed by atoms with Gasteiger partial charge in [0.25, 0.3) is 0 Å². The van der Waals surface area contributed by atoms with E-state index in [-0.39, 0.29) is 0 Å². The fourth-order valence-electron chi connectivity index (χ4n) is 1.68. The van der Waals surface area contributed by atoms with Crippen molar-refractivity contribution in [1.82, 2.24) is 9.97 Å². The quantitative estimate of drug-likeness (QED) is 0.796. The molecular weight excluding hydrogens is 264 g/mol. The minimum Gasteiger partial charge on any atom is -0.383 e. The van der Waals surface area contributed by atoms with Crippen LogP contribution in [0.25, 0.3) is 0 Å². The molecule has 0 aromatic carbocycles. The Bertz CT molecular complexity index is 387. The molecule has 0 radical (unpaired) electrons. The molecule has 0 atom stereocenters. The molecule has 1 heterocycles. The van der Waals surface area contributed by atoms with Crippen molar-refractivity contribution in [3.05, 3.63) is 11.2 Å². The van der Waals surface area contributed by atoms with E-state index in [1.807, 2.05) is 0 Å². The van der Waals surface area contributed by atoms with Crippen LogP contribution in [0.15, 0.2) is 6.20 Å². The maximum absolute atomic E-state index is 6.21. The number of ether oxygens (including phenoxy) is 1. The summed E-state index contributed by atoms with van der Waals surface area (Å²) in [5, 5.41) is 3.73. The number of halogens is 1. The molecule has 5 nitrogen and oxygen atoms in total. The average molecular weight is 287 g/mol. The fraction of sp³-hybridized carbons (Fsp3) is 0.692. The summed E-state index contributed by atoms with van der Waals surface area (Å²) in [5.74, 6) is 1.37. The predicted octanol–water partition coefficient (Wildman–Crippen LogP) is 2.81. The predicted molar refractivity (Wildman–Crippen MR) is 80.2 cm³/mol. The summed E-state index contributed by atoms with van der Waals surface area (Å²) in [4.78, 5) is 10.8. The summed E-state index contributed by atoms with van der Waals surface area (Å²) < 4.78 is 5.14. The molecule has 0 amide bonds. The van der Waals surface area contributed by atoms with Crippen LogP contribution in [0.3, 0.4) is 0 Å². The van der Waals surface area contributed by atoms with Gasteiger partial charge in [0.2, 0.25) is 5.95 Å². The SMILES string of the molecule is CCCNc1ncc(Cl)c(N(CCOC)C(C)C)n1. The van der Waals surface area contributed by atoms with Crippen molar-refractivity contribution in [2.75, 3.05) is 37.0 Å². The Morgan fingerprint density at radius 3 is 2.79 bits per heavy atom. The van der Waals surface area contributed by atoms with Crippen LogP contribution >= 0.6 is 11.6 Å². The molecule has 0 bridgehead atoms. The number of aromatic nitrogens is 2. The molecule has 108 valence electrons. The minimum atomic E-state index is 0.293. The highest BCUT2D eigenvalue weighted by molar-refractivity contribution is 6.32. The van der Waals surface area contributed by atoms with Crippen molar-refractivity contribution < 1.29 is 4.74 Å². The first-order chi connectivity index (χ1) is 9.10. The highest BCUT2D eigenvalue weighted by Crippen LogP contribution is 2.25. The molecule has 1 rings (SSSR count). The van der Waals surface area contributed by atoms with Crippen LogP contribution in [-0.4, -0.2) is 42.8 Å². The second-order valence-electron chi connectivity index (χ2n) is 4.57. The monoisotopic (exact) mass is 286 g/mol. The third-order valence-electron chi connectivity index (χ3n) is 2.69. The van der Waals surface area contributed by atoms with Crippen LogP contribution in [-0.2, 0) is 4.74 Å². The molecule has 1 aromatic rings. The topological polar surface area (TPSA) is 50.3 Å². The zero-order valence-electron chi connectivity index (χ0n) is 12.1. The second kappa shape index (κ2) is 8.17. The molecular formula is C13H23ClN4O. The molecule has 1 N–H and O–H groups in total. The summed E-state index contributed by atoms with van der Waals surface area (Å²) in [6, 6.07) is 0.293. The molecule has 6 heteroatoms. The van der Waals surface area contributed by atoms with E-state index in [2.05, 4.69) is 41.0 Å². The average Bonchev–Trinajstić information content (AvgIpc) is 2.39. The van der Waals surface area contributed by atoms with Gasteiger partial charge in [-0.1, -0.05) is 18.5 Å². The molecule has 0 saturated heterocycles. The fourth-order valence-corrected chi connectivity index (χ4v) is 1.88. The summed E-state index contributed by atoms with van der Waals surface area (Å²) in [6.07, 6.45) is 2.67. The molecule has 0 saturated carbocycles. The number of anilines is 2. The van der Waals surface area contributed by atoms with E-state index in [1.165, 1.54) is 0 Å². The van der Waals surface area contributed by atoms with Gasteiger partial charge >= 0.3 is 0 Å². The lowest BCUT2D eigenvalue weighted by Gasteiger charge is -2.28. The van der Waals surface area contributed by atoms with Gasteiger partial charge in [-0.25, -0.2) is 4.98 Å². The zero-order valence-corrected chi connectivity index (χ0v) is 12.9. The Morgan fingerprint density at radius 1 is 1.47 bits per heavy atom. The van der Waals surface area contributed by atoms with Crippen molar-refractivity contribution in [2.24, 2.45) is 0 Å². The minimum absolute atomic E-state index is 0.293. The lowest BCUT2D eigenvalue weighted by molar-refractivity contribution is 0.203. The maximum atomic E-state index is 6.21. The number of rotatable bonds is 8. The number of hydrogen-bond acceptors (Lipinski definition) is 5. The summed E-state index contributed by atoms with van der Waals surface area (Å²) in [6.45, 7) is 8.54. The third-order valence-corrected chi connectivity index (χ3v) is 2.96. The maximum Gasteiger partial charge on any atom is 0.224 e. The van der Waals surface area contributed by atoms with Crippen LogP contribution in [0.1, 0.15) is 27.2 Å². The number of methoxy groups -OCH3 is 1. The van der Waals surface area contributed by atoms with Crippen LogP contribution in [0.4, 0.5) is 11.8 Å². The van der Waals surface area contributed by atoms with Gasteiger partial charge in [-0.2, -0.15) is 4.98 Å². The van der Waals surface area contributed by atoms with Crippen LogP contribution in [0, 0.1) is 0 Å². The van der Waals surface area contributed by atoms with Crippen molar-refractivity contribution in [1.29, 1.82) is 0 Å². The van der Waals surface area contributed by atoms with E-state index in [0.29, 0.717) is 23.6 Å². The number of nitrogens with one attached hydrogen (secondary N) is 1.